The monoisotopic (exact) mass is 518 g/mol. The molecule has 2 aliphatic carbocycles. The van der Waals surface area contributed by atoms with Crippen molar-refractivity contribution in [2.75, 3.05) is 19.6 Å². The van der Waals surface area contributed by atoms with Crippen LogP contribution in [-0.4, -0.2) is 72.0 Å². The Morgan fingerprint density at radius 2 is 1.89 bits per heavy atom. The van der Waals surface area contributed by atoms with E-state index in [4.69, 9.17) is 11.6 Å². The third-order valence-electron chi connectivity index (χ3n) is 8.12. The summed E-state index contributed by atoms with van der Waals surface area (Å²) in [6.07, 6.45) is 4.69. The summed E-state index contributed by atoms with van der Waals surface area (Å²) in [5.41, 5.74) is -1.55. The maximum Gasteiger partial charge on any atom is 0.244 e. The zero-order valence-electron chi connectivity index (χ0n) is 19.9. The van der Waals surface area contributed by atoms with Gasteiger partial charge in [-0.3, -0.25) is 14.5 Å². The Labute approximate surface area is 211 Å². The van der Waals surface area contributed by atoms with E-state index in [1.165, 1.54) is 17.0 Å². The van der Waals surface area contributed by atoms with Gasteiger partial charge in [0.1, 0.15) is 17.1 Å². The summed E-state index contributed by atoms with van der Waals surface area (Å²) in [7, 11) is -3.88. The lowest BCUT2D eigenvalue weighted by Gasteiger charge is -2.39. The highest BCUT2D eigenvalue weighted by Gasteiger charge is 2.60. The summed E-state index contributed by atoms with van der Waals surface area (Å²) < 4.78 is 27.1. The van der Waals surface area contributed by atoms with Crippen LogP contribution < -0.4 is 5.32 Å². The van der Waals surface area contributed by atoms with Crippen LogP contribution in [0.15, 0.2) is 29.2 Å². The topological polar surface area (TPSA) is 111 Å². The fraction of sp³-hybridized carbons (Fsp3) is 0.640. The number of nitrogens with one attached hydrogen (secondary N) is 1. The van der Waals surface area contributed by atoms with Crippen LogP contribution >= 0.6 is 11.6 Å². The number of nitriles is 1. The molecule has 5 rings (SSSR count). The predicted octanol–water partition coefficient (Wildman–Crippen LogP) is 2.52. The van der Waals surface area contributed by atoms with E-state index in [0.29, 0.717) is 31.6 Å². The number of likely N-dealkylation sites (tertiary alicyclic amines) is 2. The summed E-state index contributed by atoms with van der Waals surface area (Å²) in [5.74, 6) is -0.118. The van der Waals surface area contributed by atoms with E-state index in [9.17, 15) is 23.3 Å². The van der Waals surface area contributed by atoms with Gasteiger partial charge in [0.2, 0.25) is 11.8 Å². The Kier molecular flexibility index (Phi) is 6.14. The first-order valence-corrected chi connectivity index (χ1v) is 14.3. The van der Waals surface area contributed by atoms with Crippen molar-refractivity contribution in [3.05, 3.63) is 29.3 Å². The number of carbonyl (C=O) groups is 2. The molecule has 0 radical (unpaired) electrons. The lowest BCUT2D eigenvalue weighted by molar-refractivity contribution is -0.145. The number of piperidine rings is 1. The lowest BCUT2D eigenvalue weighted by atomic mass is 9.97. The molecule has 2 saturated carbocycles. The number of hydrogen-bond donors (Lipinski definition) is 1. The molecule has 35 heavy (non-hydrogen) atoms. The second kappa shape index (κ2) is 8.75. The Bertz CT molecular complexity index is 1190. The summed E-state index contributed by atoms with van der Waals surface area (Å²) >= 11 is 6.22. The van der Waals surface area contributed by atoms with Gasteiger partial charge in [-0.15, -0.1) is 0 Å². The lowest BCUT2D eigenvalue weighted by Crippen LogP contribution is -2.57. The molecule has 8 nitrogen and oxygen atoms in total. The van der Waals surface area contributed by atoms with Crippen LogP contribution in [0.2, 0.25) is 5.02 Å². The molecular formula is C25H31ClN4O4S. The molecule has 1 N–H and O–H groups in total. The molecule has 2 aliphatic heterocycles. The van der Waals surface area contributed by atoms with Gasteiger partial charge in [0.15, 0.2) is 9.84 Å². The summed E-state index contributed by atoms with van der Waals surface area (Å²) in [6, 6.07) is 7.47. The zero-order chi connectivity index (χ0) is 25.0. The van der Waals surface area contributed by atoms with E-state index in [0.717, 1.165) is 25.9 Å². The minimum Gasteiger partial charge on any atom is -0.336 e. The first-order valence-electron chi connectivity index (χ1n) is 12.4. The molecule has 0 bridgehead atoms. The van der Waals surface area contributed by atoms with E-state index in [2.05, 4.69) is 23.2 Å². The SMILES string of the molecule is CC1CCCN(C2(C(=O)N3C[C@H](S(=O)(=O)c4ccccc4Cl)C[C@H]3C(=O)NC3(C#N)CC3)CC2)C1. The van der Waals surface area contributed by atoms with Crippen LogP contribution in [0.3, 0.4) is 0 Å². The number of halogens is 1. The molecule has 2 saturated heterocycles. The van der Waals surface area contributed by atoms with Crippen LogP contribution in [0, 0.1) is 17.2 Å². The zero-order valence-corrected chi connectivity index (χ0v) is 21.4. The number of carbonyl (C=O) groups excluding carboxylic acids is 2. The number of hydrogen-bond acceptors (Lipinski definition) is 6. The highest BCUT2D eigenvalue weighted by molar-refractivity contribution is 7.92. The van der Waals surface area contributed by atoms with Gasteiger partial charge in [0.05, 0.1) is 21.2 Å². The molecule has 0 spiro atoms. The van der Waals surface area contributed by atoms with E-state index < -0.39 is 38.1 Å². The molecule has 4 aliphatic rings. The molecule has 3 atom stereocenters. The van der Waals surface area contributed by atoms with Gasteiger partial charge in [-0.05, 0) is 69.5 Å². The summed E-state index contributed by atoms with van der Waals surface area (Å²) in [5, 5.41) is 11.4. The number of nitrogens with zero attached hydrogens (tertiary/aromatic N) is 3. The average Bonchev–Trinajstić information content (AvgIpc) is 3.75. The number of rotatable bonds is 6. The summed E-state index contributed by atoms with van der Waals surface area (Å²) in [6.45, 7) is 3.78. The Morgan fingerprint density at radius 1 is 1.17 bits per heavy atom. The molecule has 1 unspecified atom stereocenters. The maximum atomic E-state index is 14.0. The molecule has 1 aromatic carbocycles. The van der Waals surface area contributed by atoms with Crippen LogP contribution in [-0.2, 0) is 19.4 Å². The van der Waals surface area contributed by atoms with Gasteiger partial charge in [-0.2, -0.15) is 5.26 Å². The second-order valence-electron chi connectivity index (χ2n) is 10.7. The number of benzene rings is 1. The first kappa shape index (κ1) is 24.5. The van der Waals surface area contributed by atoms with Gasteiger partial charge in [-0.1, -0.05) is 30.7 Å². The summed E-state index contributed by atoms with van der Waals surface area (Å²) in [4.78, 5) is 31.1. The van der Waals surface area contributed by atoms with E-state index in [-0.39, 0.29) is 28.8 Å². The van der Waals surface area contributed by atoms with Crippen molar-refractivity contribution in [2.45, 2.75) is 79.1 Å². The molecule has 0 aromatic heterocycles. The third kappa shape index (κ3) is 4.34. The van der Waals surface area contributed by atoms with E-state index >= 15 is 0 Å². The smallest absolute Gasteiger partial charge is 0.244 e. The molecule has 2 amide bonds. The normalized spacial score (nSPS) is 29.3. The highest BCUT2D eigenvalue weighted by Crippen LogP contribution is 2.47. The van der Waals surface area contributed by atoms with Gasteiger partial charge in [0, 0.05) is 13.1 Å². The molecule has 1 aromatic rings. The third-order valence-corrected chi connectivity index (χ3v) is 10.7. The average molecular weight is 519 g/mol. The first-order chi connectivity index (χ1) is 16.6. The van der Waals surface area contributed by atoms with Crippen molar-refractivity contribution in [1.82, 2.24) is 15.1 Å². The van der Waals surface area contributed by atoms with Crippen LogP contribution in [0.5, 0.6) is 0 Å². The number of sulfone groups is 1. The molecule has 188 valence electrons. The predicted molar refractivity (Wildman–Crippen MR) is 130 cm³/mol. The van der Waals surface area contributed by atoms with Gasteiger partial charge in [0.25, 0.3) is 0 Å². The number of amides is 2. The molecule has 4 fully saturated rings. The standard InChI is InChI=1S/C25H31ClN4O4S/c1-17-5-4-12-29(14-17)25(10-11-25)23(32)30-15-18(35(33,34)21-7-3-2-6-19(21)26)13-20(30)22(31)28-24(16-27)8-9-24/h2-3,6-7,17-18,20H,4-5,8-15H2,1H3,(H,28,31)/t17?,18-,20+/m1/s1. The minimum atomic E-state index is -3.88. The van der Waals surface area contributed by atoms with Crippen molar-refractivity contribution >= 4 is 33.3 Å². The second-order valence-corrected chi connectivity index (χ2v) is 13.3. The Hall–Kier alpha value is -2.15. The van der Waals surface area contributed by atoms with Crippen molar-refractivity contribution in [1.29, 1.82) is 5.26 Å². The highest BCUT2D eigenvalue weighted by atomic mass is 35.5. The van der Waals surface area contributed by atoms with Gasteiger partial charge in [-0.25, -0.2) is 8.42 Å². The van der Waals surface area contributed by atoms with Crippen LogP contribution in [0.25, 0.3) is 0 Å². The van der Waals surface area contributed by atoms with Crippen molar-refractivity contribution in [2.24, 2.45) is 5.92 Å². The fourth-order valence-corrected chi connectivity index (χ4v) is 7.91. The Morgan fingerprint density at radius 3 is 2.49 bits per heavy atom. The Balaban J connectivity index is 1.44. The minimum absolute atomic E-state index is 0.0148. The largest absolute Gasteiger partial charge is 0.336 e. The maximum absolute atomic E-state index is 14.0. The fourth-order valence-electron chi connectivity index (χ4n) is 5.69. The van der Waals surface area contributed by atoms with Crippen LogP contribution in [0.4, 0.5) is 0 Å². The van der Waals surface area contributed by atoms with Crippen molar-refractivity contribution in [3.63, 3.8) is 0 Å². The molecular weight excluding hydrogens is 488 g/mol. The molecule has 2 heterocycles. The van der Waals surface area contributed by atoms with Crippen molar-refractivity contribution in [3.8, 4) is 6.07 Å². The van der Waals surface area contributed by atoms with Crippen molar-refractivity contribution < 1.29 is 18.0 Å². The van der Waals surface area contributed by atoms with Crippen LogP contribution in [0.1, 0.15) is 51.9 Å². The van der Waals surface area contributed by atoms with Gasteiger partial charge < -0.3 is 10.2 Å². The molecule has 10 heteroatoms. The van der Waals surface area contributed by atoms with E-state index in [1.54, 1.807) is 12.1 Å². The van der Waals surface area contributed by atoms with Gasteiger partial charge >= 0.3 is 0 Å². The quantitative estimate of drug-likeness (QED) is 0.619. The van der Waals surface area contributed by atoms with E-state index in [1.807, 2.05) is 0 Å².